The molecule has 30 aliphatic heterocycles. The lowest BCUT2D eigenvalue weighted by atomic mass is 9.94. The molecule has 30 aliphatic rings. The average molecular weight is 1580 g/mol. The summed E-state index contributed by atoms with van der Waals surface area (Å²) < 4.78 is 94.5. The van der Waals surface area contributed by atoms with E-state index in [1.807, 2.05) is 0 Å². The second-order valence-electron chi connectivity index (χ2n) is 22.9. The zero-order valence-corrected chi connectivity index (χ0v) is 56.9. The van der Waals surface area contributed by atoms with Crippen LogP contribution in [0.4, 0.5) is 0 Å². The smallest absolute Gasteiger partial charge is 0.187 e. The highest BCUT2D eigenvalue weighted by atomic mass is 35.5. The van der Waals surface area contributed by atoms with E-state index in [-0.39, 0.29) is 99.3 Å². The van der Waals surface area contributed by atoms with Crippen molar-refractivity contribution in [1.82, 2.24) is 0 Å². The molecule has 0 aromatic carbocycles. The lowest BCUT2D eigenvalue weighted by molar-refractivity contribution is -0.398. The summed E-state index contributed by atoms with van der Waals surface area (Å²) in [6.45, 7) is -3.97. The van der Waals surface area contributed by atoms with Gasteiger partial charge in [0.15, 0.2) is 50.3 Å². The topological polar surface area (TPSA) is 680 Å². The first-order chi connectivity index (χ1) is 41.9. The number of hydrogen-bond acceptors (Lipinski definition) is 40. The highest BCUT2D eigenvalue weighted by Gasteiger charge is 2.60. The predicted octanol–water partition coefficient (Wildman–Crippen LogP) is -14.3. The Morgan fingerprint density at radius 2 is 0.229 bits per heavy atom. The van der Waals surface area contributed by atoms with Gasteiger partial charge in [0.25, 0.3) is 0 Å². The number of rotatable bonds is 8. The van der Waals surface area contributed by atoms with Gasteiger partial charge in [-0.15, -0.1) is 99.3 Å². The van der Waals surface area contributed by atoms with E-state index in [1.54, 1.807) is 0 Å². The van der Waals surface area contributed by atoms with Crippen molar-refractivity contribution in [3.05, 3.63) is 0 Å². The quantitative estimate of drug-likeness (QED) is 0.107. The van der Waals surface area contributed by atoms with Gasteiger partial charge in [-0.1, -0.05) is 0 Å². The third-order valence-electron chi connectivity index (χ3n) is 17.3. The molecule has 40 nitrogen and oxygen atoms in total. The molecule has 576 valence electrons. The lowest BCUT2D eigenvalue weighted by Crippen LogP contribution is -2.69. The minimum Gasteiger partial charge on any atom is -0.387 e. The Labute approximate surface area is 597 Å². The number of halogens is 8. The number of hydrogen-bond donors (Lipinski definition) is 24. The van der Waals surface area contributed by atoms with Crippen LogP contribution in [0.5, 0.6) is 0 Å². The van der Waals surface area contributed by atoms with Crippen LogP contribution in [-0.2, 0) is 75.8 Å². The summed E-state index contributed by atoms with van der Waals surface area (Å²) in [5.41, 5.74) is 48.3. The van der Waals surface area contributed by atoms with Crippen LogP contribution in [0.15, 0.2) is 0 Å². The predicted molar refractivity (Wildman–Crippen MR) is 335 cm³/mol. The summed E-state index contributed by atoms with van der Waals surface area (Å²) in [5.74, 6) is 0. The van der Waals surface area contributed by atoms with Crippen molar-refractivity contribution >= 4 is 99.3 Å². The van der Waals surface area contributed by atoms with Crippen molar-refractivity contribution in [1.29, 1.82) is 0 Å². The van der Waals surface area contributed by atoms with Gasteiger partial charge in [0.05, 0.1) is 0 Å². The van der Waals surface area contributed by atoms with Crippen LogP contribution in [0, 0.1) is 0 Å². The fourth-order valence-corrected chi connectivity index (χ4v) is 12.2. The van der Waals surface area contributed by atoms with Crippen molar-refractivity contribution in [3.63, 3.8) is 0 Å². The number of aliphatic hydroxyl groups is 16. The van der Waals surface area contributed by atoms with Gasteiger partial charge in [0.2, 0.25) is 0 Å². The second-order valence-corrected chi connectivity index (χ2v) is 22.9. The van der Waals surface area contributed by atoms with Gasteiger partial charge in [0.1, 0.15) is 195 Å². The first-order valence-corrected chi connectivity index (χ1v) is 28.9. The van der Waals surface area contributed by atoms with Crippen molar-refractivity contribution in [2.75, 3.05) is 52.4 Å². The Kier molecular flexibility index (Phi) is 40.5. The van der Waals surface area contributed by atoms with Gasteiger partial charge in [-0.05, 0) is 0 Å². The van der Waals surface area contributed by atoms with Crippen LogP contribution in [0.3, 0.4) is 0 Å². The maximum atomic E-state index is 11.5. The Balaban J connectivity index is 0.00000576. The van der Waals surface area contributed by atoms with Crippen molar-refractivity contribution in [3.8, 4) is 0 Å². The molecule has 2 unspecified atom stereocenters. The molecular weight excluding hydrogens is 1480 g/mol. The molecule has 30 saturated heterocycles. The van der Waals surface area contributed by atoms with E-state index in [4.69, 9.17) is 122 Å². The first-order valence-electron chi connectivity index (χ1n) is 28.9. The van der Waals surface area contributed by atoms with E-state index in [9.17, 15) is 81.7 Å². The SMILES string of the molecule is Cl.Cl.Cl.Cl.Cl.Cl.Cl.Cl.NCC1O[C@@H]2O[C@@H]3C(CN)O[C@H](O[C@H]4[C@H](O)[C@@H](O)[C@@H](O[C@H]5[C@H](O)[C@@H](O)[C@@H](O[C@H]6[C@H](O)[C@@H](O)[C@@H](O[C@H]7[C@H](O)[C@@H](O)[C@@H](O[C@H]8[C@H](O)[C@@H](O)[C@@H](O[C@H]9[C@H](O)[C@@H](O)[C@@H](O[C@H]1[C@H](O)[C@H]2O)O[C@@H]9CN)O[C@@H]8CN)O[C@@H]7CN)O[C@@H]6CN)O[C@@H]5CN)O[C@@H]4CN)[C@H](O)[C@H]3O. The summed E-state index contributed by atoms with van der Waals surface area (Å²) in [6, 6.07) is 0. The Morgan fingerprint density at radius 3 is 0.302 bits per heavy atom. The molecule has 48 heteroatoms. The highest BCUT2D eigenvalue weighted by molar-refractivity contribution is 5.86. The lowest BCUT2D eigenvalue weighted by Gasteiger charge is -2.51. The molecule has 30 heterocycles. The molecule has 30 rings (SSSR count). The average Bonchev–Trinajstić information content (AvgIpc) is 0.808. The molecule has 16 bridgehead atoms. The summed E-state index contributed by atoms with van der Waals surface area (Å²) in [4.78, 5) is 0. The minimum atomic E-state index is -2.09. The molecule has 0 aliphatic carbocycles. The molecule has 0 spiro atoms. The van der Waals surface area contributed by atoms with E-state index in [0.717, 1.165) is 0 Å². The van der Waals surface area contributed by atoms with Crippen molar-refractivity contribution in [2.24, 2.45) is 45.9 Å². The summed E-state index contributed by atoms with van der Waals surface area (Å²) >= 11 is 0. The molecule has 0 aromatic rings. The third kappa shape index (κ3) is 19.1. The Hall–Kier alpha value is 0.720. The van der Waals surface area contributed by atoms with Gasteiger partial charge < -0.3 is 203 Å². The Bertz CT molecular complexity index is 1770. The van der Waals surface area contributed by atoms with E-state index in [2.05, 4.69) is 0 Å². The van der Waals surface area contributed by atoms with Gasteiger partial charge in [-0.2, -0.15) is 0 Å². The molecule has 40 atom stereocenters. The fraction of sp³-hybridized carbons (Fsp3) is 1.00. The van der Waals surface area contributed by atoms with Crippen LogP contribution in [0.25, 0.3) is 0 Å². The maximum absolute atomic E-state index is 11.5. The second kappa shape index (κ2) is 41.0. The Morgan fingerprint density at radius 1 is 0.146 bits per heavy atom. The normalized spacial score (nSPS) is 50.8. The summed E-state index contributed by atoms with van der Waals surface area (Å²) in [5, 5.41) is 184. The van der Waals surface area contributed by atoms with Crippen LogP contribution < -0.4 is 45.9 Å². The van der Waals surface area contributed by atoms with Crippen molar-refractivity contribution < 1.29 is 157 Å². The molecule has 0 saturated carbocycles. The monoisotopic (exact) mass is 1580 g/mol. The van der Waals surface area contributed by atoms with Gasteiger partial charge in [-0.3, -0.25) is 0 Å². The van der Waals surface area contributed by atoms with Gasteiger partial charge >= 0.3 is 0 Å². The van der Waals surface area contributed by atoms with Gasteiger partial charge in [-0.25, -0.2) is 0 Å². The highest BCUT2D eigenvalue weighted by Crippen LogP contribution is 2.39. The number of nitrogens with two attached hydrogens (primary N) is 8. The van der Waals surface area contributed by atoms with Crippen LogP contribution in [-0.4, -0.2) is 380 Å². The number of ether oxygens (including phenoxy) is 16. The first kappa shape index (κ1) is 94.7. The molecule has 0 amide bonds. The van der Waals surface area contributed by atoms with E-state index in [1.165, 1.54) is 0 Å². The van der Waals surface area contributed by atoms with Gasteiger partial charge in [0, 0.05) is 52.4 Å². The largest absolute Gasteiger partial charge is 0.387 e. The zero-order valence-electron chi connectivity index (χ0n) is 50.3. The zero-order chi connectivity index (χ0) is 64.1. The molecule has 32 N–H and O–H groups in total. The van der Waals surface area contributed by atoms with E-state index in [0.29, 0.717) is 0 Å². The van der Waals surface area contributed by atoms with E-state index < -0.39 is 298 Å². The molecule has 0 aromatic heterocycles. The van der Waals surface area contributed by atoms with Crippen molar-refractivity contribution in [2.45, 2.75) is 246 Å². The third-order valence-corrected chi connectivity index (χ3v) is 17.3. The molecule has 96 heavy (non-hydrogen) atoms. The maximum Gasteiger partial charge on any atom is 0.187 e. The summed E-state index contributed by atoms with van der Waals surface area (Å²) in [6.07, 6.45) is -73.2. The minimum absolute atomic E-state index is 0. The molecule has 0 radical (unpaired) electrons. The number of aliphatic hydroxyl groups excluding tert-OH is 16. The van der Waals surface area contributed by atoms with Crippen LogP contribution in [0.1, 0.15) is 0 Å². The molecular formula is C48H96Cl8N8O32. The van der Waals surface area contributed by atoms with E-state index >= 15 is 0 Å². The van der Waals surface area contributed by atoms with Crippen LogP contribution >= 0.6 is 99.3 Å². The van der Waals surface area contributed by atoms with Crippen LogP contribution in [0.2, 0.25) is 0 Å². The summed E-state index contributed by atoms with van der Waals surface area (Å²) in [7, 11) is 0. The molecule has 30 fully saturated rings. The fourth-order valence-electron chi connectivity index (χ4n) is 12.2. The standard InChI is InChI=1S/C48H88N8O32.8ClH/c49-1-9-33-17(57)25(65)41(73-9)82-34-10(2-50)75-43(27(67)19(34)59)84-36-12(4-52)77-45(29(69)21(36)61)86-38-14(6-54)79-47(31(71)23(38)63)88-40-16(8-56)80-48(32(72)24(40)64)87-39-15(7-55)78-46(30(70)22(39)62)85-37-13(5-53)76-44(28(68)20(37)60)83-35-11(3-51)74-42(81-33)26(66)18(35)58;;;;;;;;/h9-48,57-72H,1-8,49-56H2;8*1H/t9-,10-,11-,12-,13-,14-,15?,16?,17-,18-,19-,20-,21-,22-,23-,24-,25-,26-,27-,28-,29-,30-,31-,32-,33-,34-,35-,36-,37-,38-,39-,40-,41-,42-,43-,44-,45-,46-,47-,48-;;;;;;;;/m1......../s1.